The van der Waals surface area contributed by atoms with E-state index in [4.69, 9.17) is 4.74 Å². The summed E-state index contributed by atoms with van der Waals surface area (Å²) in [6, 6.07) is 9.31. The molecule has 2 aromatic heterocycles. The van der Waals surface area contributed by atoms with Gasteiger partial charge < -0.3 is 20.1 Å². The van der Waals surface area contributed by atoms with Crippen molar-refractivity contribution in [2.45, 2.75) is 19.4 Å². The van der Waals surface area contributed by atoms with Gasteiger partial charge in [-0.3, -0.25) is 4.79 Å². The molecule has 0 radical (unpaired) electrons. The van der Waals surface area contributed by atoms with E-state index in [2.05, 4.69) is 10.3 Å². The molecule has 1 unspecified atom stereocenters. The number of aromatic amines is 1. The molecule has 5 nitrogen and oxygen atoms in total. The number of carbonyl (C=O) groups excluding carboxylic acids is 1. The summed E-state index contributed by atoms with van der Waals surface area (Å²) < 4.78 is 5.46. The quantitative estimate of drug-likeness (QED) is 0.642. The average Bonchev–Trinajstić information content (AvgIpc) is 3.22. The Labute approximate surface area is 144 Å². The van der Waals surface area contributed by atoms with E-state index < -0.39 is 5.60 Å². The van der Waals surface area contributed by atoms with Gasteiger partial charge in [0, 0.05) is 17.0 Å². The standard InChI is InChI=1S/C18H20N2O3S/c1-3-23-14-5-4-12-8-16(20-15(12)9-14)17(21)19-11-18(2,22)13-6-7-24-10-13/h4-10,20,22H,3,11H2,1-2H3,(H,19,21). The molecule has 24 heavy (non-hydrogen) atoms. The zero-order valence-electron chi connectivity index (χ0n) is 13.6. The van der Waals surface area contributed by atoms with Crippen LogP contribution in [0.1, 0.15) is 29.9 Å². The summed E-state index contributed by atoms with van der Waals surface area (Å²) in [5.41, 5.74) is 1.00. The van der Waals surface area contributed by atoms with Crippen molar-refractivity contribution in [3.8, 4) is 5.75 Å². The maximum Gasteiger partial charge on any atom is 0.267 e. The van der Waals surface area contributed by atoms with Crippen LogP contribution in [0, 0.1) is 0 Å². The molecule has 126 valence electrons. The molecule has 1 aromatic carbocycles. The summed E-state index contributed by atoms with van der Waals surface area (Å²) >= 11 is 1.51. The van der Waals surface area contributed by atoms with Crippen molar-refractivity contribution in [3.05, 3.63) is 52.3 Å². The van der Waals surface area contributed by atoms with Gasteiger partial charge in [-0.2, -0.15) is 11.3 Å². The van der Waals surface area contributed by atoms with Crippen LogP contribution < -0.4 is 10.1 Å². The topological polar surface area (TPSA) is 74.3 Å². The lowest BCUT2D eigenvalue weighted by molar-refractivity contribution is 0.0529. The van der Waals surface area contributed by atoms with Gasteiger partial charge in [0.05, 0.1) is 13.2 Å². The minimum absolute atomic E-state index is 0.141. The van der Waals surface area contributed by atoms with Crippen LogP contribution in [-0.4, -0.2) is 29.1 Å². The number of thiophene rings is 1. The molecule has 2 heterocycles. The SMILES string of the molecule is CCOc1ccc2cc(C(=O)NCC(C)(O)c3ccsc3)[nH]c2c1. The lowest BCUT2D eigenvalue weighted by Gasteiger charge is -2.22. The molecule has 0 fully saturated rings. The first-order valence-corrected chi connectivity index (χ1v) is 8.73. The smallest absolute Gasteiger partial charge is 0.267 e. The van der Waals surface area contributed by atoms with E-state index in [0.717, 1.165) is 22.2 Å². The number of aromatic nitrogens is 1. The molecule has 1 amide bonds. The highest BCUT2D eigenvalue weighted by Crippen LogP contribution is 2.23. The monoisotopic (exact) mass is 344 g/mol. The van der Waals surface area contributed by atoms with E-state index in [1.54, 1.807) is 13.0 Å². The van der Waals surface area contributed by atoms with Crippen LogP contribution in [0.25, 0.3) is 10.9 Å². The Morgan fingerprint density at radius 3 is 2.92 bits per heavy atom. The van der Waals surface area contributed by atoms with Crippen LogP contribution in [0.4, 0.5) is 0 Å². The number of ether oxygens (including phenoxy) is 1. The Morgan fingerprint density at radius 1 is 1.38 bits per heavy atom. The van der Waals surface area contributed by atoms with Crippen molar-refractivity contribution < 1.29 is 14.6 Å². The van der Waals surface area contributed by atoms with Gasteiger partial charge in [-0.25, -0.2) is 0 Å². The van der Waals surface area contributed by atoms with E-state index >= 15 is 0 Å². The number of benzene rings is 1. The third kappa shape index (κ3) is 3.44. The van der Waals surface area contributed by atoms with E-state index in [9.17, 15) is 9.90 Å². The highest BCUT2D eigenvalue weighted by Gasteiger charge is 2.24. The normalized spacial score (nSPS) is 13.6. The number of amides is 1. The maximum absolute atomic E-state index is 12.4. The Bertz CT molecular complexity index is 837. The van der Waals surface area contributed by atoms with Crippen molar-refractivity contribution in [2.24, 2.45) is 0 Å². The second-order valence-corrected chi connectivity index (χ2v) is 6.61. The van der Waals surface area contributed by atoms with Crippen molar-refractivity contribution in [1.82, 2.24) is 10.3 Å². The van der Waals surface area contributed by atoms with Crippen molar-refractivity contribution >= 4 is 28.1 Å². The van der Waals surface area contributed by atoms with Gasteiger partial charge in [0.15, 0.2) is 0 Å². The summed E-state index contributed by atoms with van der Waals surface area (Å²) in [7, 11) is 0. The molecule has 3 aromatic rings. The summed E-state index contributed by atoms with van der Waals surface area (Å²) in [6.45, 7) is 4.35. The lowest BCUT2D eigenvalue weighted by atomic mass is 9.99. The number of nitrogens with one attached hydrogen (secondary N) is 2. The first-order valence-electron chi connectivity index (χ1n) is 7.78. The van der Waals surface area contributed by atoms with Gasteiger partial charge in [0.1, 0.15) is 17.0 Å². The molecule has 6 heteroatoms. The number of hydrogen-bond donors (Lipinski definition) is 3. The number of H-pyrrole nitrogens is 1. The van der Waals surface area contributed by atoms with Crippen LogP contribution in [0.3, 0.4) is 0 Å². The molecule has 0 aliphatic rings. The minimum atomic E-state index is -1.09. The maximum atomic E-state index is 12.4. The van der Waals surface area contributed by atoms with Gasteiger partial charge in [-0.15, -0.1) is 0 Å². The predicted molar refractivity (Wildman–Crippen MR) is 95.7 cm³/mol. The summed E-state index contributed by atoms with van der Waals surface area (Å²) in [5.74, 6) is 0.513. The minimum Gasteiger partial charge on any atom is -0.494 e. The number of carbonyl (C=O) groups is 1. The molecule has 0 aliphatic heterocycles. The van der Waals surface area contributed by atoms with E-state index in [0.29, 0.717) is 12.3 Å². The zero-order valence-corrected chi connectivity index (χ0v) is 14.4. The molecule has 0 saturated heterocycles. The second kappa shape index (κ2) is 6.67. The molecule has 0 saturated carbocycles. The highest BCUT2D eigenvalue weighted by atomic mass is 32.1. The molecule has 0 bridgehead atoms. The van der Waals surface area contributed by atoms with Crippen molar-refractivity contribution in [1.29, 1.82) is 0 Å². The Morgan fingerprint density at radius 2 is 2.21 bits per heavy atom. The van der Waals surface area contributed by atoms with Crippen molar-refractivity contribution in [2.75, 3.05) is 13.2 Å². The first kappa shape index (κ1) is 16.5. The molecule has 3 rings (SSSR count). The molecular formula is C18H20N2O3S. The van der Waals surface area contributed by atoms with Gasteiger partial charge >= 0.3 is 0 Å². The molecule has 3 N–H and O–H groups in total. The van der Waals surface area contributed by atoms with Crippen LogP contribution >= 0.6 is 11.3 Å². The Balaban J connectivity index is 1.72. The number of aliphatic hydroxyl groups is 1. The van der Waals surface area contributed by atoms with Crippen LogP contribution in [0.5, 0.6) is 5.75 Å². The molecular weight excluding hydrogens is 324 g/mol. The summed E-state index contributed by atoms with van der Waals surface area (Å²) in [6.07, 6.45) is 0. The summed E-state index contributed by atoms with van der Waals surface area (Å²) in [4.78, 5) is 15.5. The zero-order chi connectivity index (χ0) is 17.2. The first-order chi connectivity index (χ1) is 11.5. The van der Waals surface area contributed by atoms with Crippen LogP contribution in [0.2, 0.25) is 0 Å². The molecule has 0 aliphatic carbocycles. The third-order valence-corrected chi connectivity index (χ3v) is 4.57. The molecule has 1 atom stereocenters. The van der Waals surface area contributed by atoms with Gasteiger partial charge in [-0.05, 0) is 54.4 Å². The Hall–Kier alpha value is -2.31. The van der Waals surface area contributed by atoms with E-state index in [1.807, 2.05) is 41.9 Å². The largest absolute Gasteiger partial charge is 0.494 e. The average molecular weight is 344 g/mol. The van der Waals surface area contributed by atoms with Gasteiger partial charge in [-0.1, -0.05) is 0 Å². The summed E-state index contributed by atoms with van der Waals surface area (Å²) in [5, 5.41) is 18.0. The lowest BCUT2D eigenvalue weighted by Crippen LogP contribution is -2.38. The molecule has 0 spiro atoms. The second-order valence-electron chi connectivity index (χ2n) is 5.83. The Kier molecular flexibility index (Phi) is 4.59. The van der Waals surface area contributed by atoms with Crippen molar-refractivity contribution in [3.63, 3.8) is 0 Å². The fourth-order valence-electron chi connectivity index (χ4n) is 2.51. The van der Waals surface area contributed by atoms with Gasteiger partial charge in [0.2, 0.25) is 0 Å². The fraction of sp³-hybridized carbons (Fsp3) is 0.278. The van der Waals surface area contributed by atoms with Crippen LogP contribution in [-0.2, 0) is 5.60 Å². The number of hydrogen-bond acceptors (Lipinski definition) is 4. The van der Waals surface area contributed by atoms with Crippen LogP contribution in [0.15, 0.2) is 41.1 Å². The predicted octanol–water partition coefficient (Wildman–Crippen LogP) is 3.27. The number of fused-ring (bicyclic) bond motifs is 1. The van der Waals surface area contributed by atoms with E-state index in [1.165, 1.54) is 11.3 Å². The number of rotatable bonds is 6. The van der Waals surface area contributed by atoms with Gasteiger partial charge in [0.25, 0.3) is 5.91 Å². The highest BCUT2D eigenvalue weighted by molar-refractivity contribution is 7.08. The third-order valence-electron chi connectivity index (χ3n) is 3.89. The fourth-order valence-corrected chi connectivity index (χ4v) is 3.29. The van der Waals surface area contributed by atoms with E-state index in [-0.39, 0.29) is 12.5 Å².